The van der Waals surface area contributed by atoms with Gasteiger partial charge in [0.25, 0.3) is 5.91 Å². The number of Topliss-reactive ketones (excluding diaryl/α,β-unsaturated/α-hetero) is 1. The molecule has 1 atom stereocenters. The molecule has 0 saturated carbocycles. The molecular weight excluding hydrogens is 340 g/mol. The zero-order valence-electron chi connectivity index (χ0n) is 15.9. The molecule has 1 saturated heterocycles. The number of carbonyl (C=O) groups excluding carboxylic acids is 3. The highest BCUT2D eigenvalue weighted by atomic mass is 16.2. The van der Waals surface area contributed by atoms with Crippen molar-refractivity contribution in [2.45, 2.75) is 32.7 Å². The van der Waals surface area contributed by atoms with Crippen LogP contribution in [0.5, 0.6) is 0 Å². The van der Waals surface area contributed by atoms with Crippen LogP contribution in [-0.2, 0) is 21.5 Å². The average Bonchev–Trinajstić information content (AvgIpc) is 2.87. The van der Waals surface area contributed by atoms with E-state index in [-0.39, 0.29) is 18.2 Å². The summed E-state index contributed by atoms with van der Waals surface area (Å²) in [6.07, 6.45) is 0.322. The molecule has 0 aliphatic carbocycles. The highest BCUT2D eigenvalue weighted by Gasteiger charge is 2.53. The van der Waals surface area contributed by atoms with E-state index in [1.807, 2.05) is 60.7 Å². The summed E-state index contributed by atoms with van der Waals surface area (Å²) in [4.78, 5) is 39.6. The molecule has 0 unspecified atom stereocenters. The molecule has 27 heavy (non-hydrogen) atoms. The number of urea groups is 1. The fourth-order valence-corrected chi connectivity index (χ4v) is 3.19. The van der Waals surface area contributed by atoms with Crippen molar-refractivity contribution in [2.75, 3.05) is 6.54 Å². The number of rotatable bonds is 5. The first-order valence-corrected chi connectivity index (χ1v) is 9.01. The van der Waals surface area contributed by atoms with Gasteiger partial charge in [-0.25, -0.2) is 4.79 Å². The Kier molecular flexibility index (Phi) is 4.87. The molecule has 2 aromatic rings. The van der Waals surface area contributed by atoms with E-state index < -0.39 is 17.0 Å². The van der Waals surface area contributed by atoms with Gasteiger partial charge in [-0.1, -0.05) is 81.4 Å². The van der Waals surface area contributed by atoms with Crippen LogP contribution >= 0.6 is 0 Å². The molecule has 140 valence electrons. The fourth-order valence-electron chi connectivity index (χ4n) is 3.19. The van der Waals surface area contributed by atoms with E-state index in [2.05, 4.69) is 5.32 Å². The predicted octanol–water partition coefficient (Wildman–Crippen LogP) is 3.29. The molecule has 5 heteroatoms. The van der Waals surface area contributed by atoms with Crippen LogP contribution in [0.2, 0.25) is 0 Å². The number of imide groups is 1. The van der Waals surface area contributed by atoms with Gasteiger partial charge in [0.1, 0.15) is 0 Å². The van der Waals surface area contributed by atoms with Crippen molar-refractivity contribution in [1.82, 2.24) is 10.2 Å². The third kappa shape index (κ3) is 3.63. The lowest BCUT2D eigenvalue weighted by Gasteiger charge is -2.28. The van der Waals surface area contributed by atoms with Crippen molar-refractivity contribution in [1.29, 1.82) is 0 Å². The first kappa shape index (κ1) is 18.8. The SMILES string of the molecule is CC(C)(C)C(=O)CN1C(=O)N[C@@](Cc2ccccc2)(c2ccccc2)C1=O. The Morgan fingerprint density at radius 1 is 0.963 bits per heavy atom. The Morgan fingerprint density at radius 3 is 2.07 bits per heavy atom. The zero-order valence-corrected chi connectivity index (χ0v) is 15.9. The second-order valence-corrected chi connectivity index (χ2v) is 7.93. The van der Waals surface area contributed by atoms with Gasteiger partial charge in [0.2, 0.25) is 0 Å². The van der Waals surface area contributed by atoms with E-state index in [1.54, 1.807) is 20.8 Å². The molecule has 0 bridgehead atoms. The van der Waals surface area contributed by atoms with Gasteiger partial charge in [-0.3, -0.25) is 14.5 Å². The monoisotopic (exact) mass is 364 g/mol. The Hall–Kier alpha value is -2.95. The number of benzene rings is 2. The van der Waals surface area contributed by atoms with Crippen LogP contribution in [0.4, 0.5) is 4.79 Å². The first-order chi connectivity index (χ1) is 12.7. The Labute approximate surface area is 159 Å². The molecular formula is C22H24N2O3. The maximum atomic E-state index is 13.4. The maximum absolute atomic E-state index is 13.4. The van der Waals surface area contributed by atoms with Gasteiger partial charge in [-0.15, -0.1) is 0 Å². The van der Waals surface area contributed by atoms with Gasteiger partial charge in [0, 0.05) is 11.8 Å². The van der Waals surface area contributed by atoms with E-state index in [9.17, 15) is 14.4 Å². The summed E-state index contributed by atoms with van der Waals surface area (Å²) in [6.45, 7) is 5.12. The van der Waals surface area contributed by atoms with Crippen LogP contribution in [0.15, 0.2) is 60.7 Å². The molecule has 1 N–H and O–H groups in total. The van der Waals surface area contributed by atoms with Gasteiger partial charge in [-0.2, -0.15) is 0 Å². The number of hydrogen-bond donors (Lipinski definition) is 1. The second kappa shape index (κ2) is 6.99. The molecule has 0 spiro atoms. The molecule has 0 radical (unpaired) electrons. The number of hydrogen-bond acceptors (Lipinski definition) is 3. The number of nitrogens with zero attached hydrogens (tertiary/aromatic N) is 1. The summed E-state index contributed by atoms with van der Waals surface area (Å²) >= 11 is 0. The van der Waals surface area contributed by atoms with Crippen LogP contribution < -0.4 is 5.32 Å². The van der Waals surface area contributed by atoms with Crippen molar-refractivity contribution < 1.29 is 14.4 Å². The highest BCUT2D eigenvalue weighted by Crippen LogP contribution is 2.33. The number of ketones is 1. The van der Waals surface area contributed by atoms with Crippen molar-refractivity contribution in [3.8, 4) is 0 Å². The Balaban J connectivity index is 2.00. The molecule has 1 aliphatic heterocycles. The summed E-state index contributed by atoms with van der Waals surface area (Å²) in [5, 5.41) is 2.87. The fraction of sp³-hybridized carbons (Fsp3) is 0.318. The second-order valence-electron chi connectivity index (χ2n) is 7.93. The highest BCUT2D eigenvalue weighted by molar-refractivity contribution is 6.10. The lowest BCUT2D eigenvalue weighted by atomic mass is 9.83. The normalized spacial score (nSPS) is 19.9. The number of carbonyl (C=O) groups is 3. The van der Waals surface area contributed by atoms with Crippen LogP contribution in [-0.4, -0.2) is 29.2 Å². The van der Waals surface area contributed by atoms with Crippen molar-refractivity contribution in [3.05, 3.63) is 71.8 Å². The van der Waals surface area contributed by atoms with Crippen LogP contribution in [0.25, 0.3) is 0 Å². The lowest BCUT2D eigenvalue weighted by Crippen LogP contribution is -2.46. The van der Waals surface area contributed by atoms with Crippen molar-refractivity contribution in [2.24, 2.45) is 5.41 Å². The number of nitrogens with one attached hydrogen (secondary N) is 1. The minimum atomic E-state index is -1.21. The molecule has 0 aromatic heterocycles. The third-order valence-corrected chi connectivity index (χ3v) is 4.89. The Morgan fingerprint density at radius 2 is 1.52 bits per heavy atom. The third-order valence-electron chi connectivity index (χ3n) is 4.89. The minimum absolute atomic E-state index is 0.158. The summed E-state index contributed by atoms with van der Waals surface area (Å²) in [6, 6.07) is 18.2. The maximum Gasteiger partial charge on any atom is 0.325 e. The van der Waals surface area contributed by atoms with Crippen molar-refractivity contribution >= 4 is 17.7 Å². The van der Waals surface area contributed by atoms with Crippen LogP contribution in [0.3, 0.4) is 0 Å². The van der Waals surface area contributed by atoms with E-state index in [0.717, 1.165) is 10.5 Å². The van der Waals surface area contributed by atoms with Crippen molar-refractivity contribution in [3.63, 3.8) is 0 Å². The smallest absolute Gasteiger partial charge is 0.319 e. The van der Waals surface area contributed by atoms with E-state index in [4.69, 9.17) is 0 Å². The molecule has 1 aliphatic rings. The quantitative estimate of drug-likeness (QED) is 0.828. The standard InChI is InChI=1S/C22H24N2O3/c1-21(2,3)18(25)15-24-19(26)22(23-20(24)27,17-12-8-5-9-13-17)14-16-10-6-4-7-11-16/h4-13H,14-15H2,1-3H3,(H,23,27)/t22-/m0/s1. The van der Waals surface area contributed by atoms with E-state index in [0.29, 0.717) is 12.0 Å². The van der Waals surface area contributed by atoms with Gasteiger partial charge in [0.05, 0.1) is 6.54 Å². The average molecular weight is 364 g/mol. The molecule has 1 fully saturated rings. The number of amides is 3. The van der Waals surface area contributed by atoms with Gasteiger partial charge in [0.15, 0.2) is 11.3 Å². The summed E-state index contributed by atoms with van der Waals surface area (Å²) in [7, 11) is 0. The van der Waals surface area contributed by atoms with Crippen LogP contribution in [0.1, 0.15) is 31.9 Å². The zero-order chi connectivity index (χ0) is 19.7. The molecule has 1 heterocycles. The Bertz CT molecular complexity index is 856. The van der Waals surface area contributed by atoms with Gasteiger partial charge < -0.3 is 5.32 Å². The molecule has 3 amide bonds. The minimum Gasteiger partial charge on any atom is -0.319 e. The summed E-state index contributed by atoms with van der Waals surface area (Å²) in [5.74, 6) is -0.547. The van der Waals surface area contributed by atoms with Gasteiger partial charge >= 0.3 is 6.03 Å². The van der Waals surface area contributed by atoms with E-state index >= 15 is 0 Å². The topological polar surface area (TPSA) is 66.5 Å². The largest absolute Gasteiger partial charge is 0.325 e. The van der Waals surface area contributed by atoms with Crippen LogP contribution in [0, 0.1) is 5.41 Å². The molecule has 5 nitrogen and oxygen atoms in total. The lowest BCUT2D eigenvalue weighted by molar-refractivity contribution is -0.136. The first-order valence-electron chi connectivity index (χ1n) is 9.01. The summed E-state index contributed by atoms with van der Waals surface area (Å²) < 4.78 is 0. The van der Waals surface area contributed by atoms with Gasteiger partial charge in [-0.05, 0) is 11.1 Å². The summed E-state index contributed by atoms with van der Waals surface area (Å²) in [5.41, 5.74) is -0.201. The predicted molar refractivity (Wildman–Crippen MR) is 103 cm³/mol. The molecule has 2 aromatic carbocycles. The molecule has 3 rings (SSSR count). The van der Waals surface area contributed by atoms with E-state index in [1.165, 1.54) is 0 Å².